The van der Waals surface area contributed by atoms with Crippen molar-refractivity contribution in [3.8, 4) is 22.6 Å². The lowest BCUT2D eigenvalue weighted by molar-refractivity contribution is 0.458. The standard InChI is InChI=1S/C42H27Cl4O4/c1-23-7-3-5-9-29(23)39-19-25(17-37(49-39)27-11-13-33(43)35(45)21-27)15-31-41(47)32(42(31)48)16-26-18-38(28-12-14-34(44)36(46)22-28)50-40(20-26)30-10-6-4-8-24(30)2/h3-22,25H,1-2H3/q+1. The summed E-state index contributed by atoms with van der Waals surface area (Å²) in [5, 5.41) is 1.80. The van der Waals surface area contributed by atoms with E-state index in [0.717, 1.165) is 22.3 Å². The molecule has 4 nitrogen and oxygen atoms in total. The van der Waals surface area contributed by atoms with E-state index in [2.05, 4.69) is 0 Å². The Bertz CT molecular complexity index is 2560. The summed E-state index contributed by atoms with van der Waals surface area (Å²) < 4.78 is 12.7. The topological polar surface area (TPSA) is 54.7 Å². The van der Waals surface area contributed by atoms with E-state index >= 15 is 0 Å². The van der Waals surface area contributed by atoms with Gasteiger partial charge in [0, 0.05) is 17.0 Å². The van der Waals surface area contributed by atoms with Crippen LogP contribution in [0.2, 0.25) is 20.1 Å². The summed E-state index contributed by atoms with van der Waals surface area (Å²) in [6, 6.07) is 29.7. The van der Waals surface area contributed by atoms with Gasteiger partial charge < -0.3 is 4.74 Å². The number of aryl methyl sites for hydroxylation is 2. The number of hydrogen-bond acceptors (Lipinski definition) is 3. The minimum Gasteiger partial charge on any atom is -0.457 e. The third-order valence-electron chi connectivity index (χ3n) is 8.60. The first-order chi connectivity index (χ1) is 24.0. The molecule has 0 amide bonds. The van der Waals surface area contributed by atoms with Gasteiger partial charge in [-0.25, -0.2) is 4.42 Å². The van der Waals surface area contributed by atoms with Crippen molar-refractivity contribution in [3.63, 3.8) is 0 Å². The fourth-order valence-corrected chi connectivity index (χ4v) is 6.53. The van der Waals surface area contributed by atoms with E-state index in [1.54, 1.807) is 48.6 Å². The van der Waals surface area contributed by atoms with Crippen LogP contribution in [0.5, 0.6) is 0 Å². The summed E-state index contributed by atoms with van der Waals surface area (Å²) in [5.74, 6) is 1.80. The second kappa shape index (κ2) is 13.9. The fraction of sp³-hybridized carbons (Fsp3) is 0.0714. The van der Waals surface area contributed by atoms with E-state index in [9.17, 15) is 9.59 Å². The number of ether oxygens (including phenoxy) is 1. The molecule has 1 aliphatic rings. The molecule has 5 aromatic carbocycles. The molecule has 2 heterocycles. The monoisotopic (exact) mass is 735 g/mol. The highest BCUT2D eigenvalue weighted by atomic mass is 35.5. The maximum Gasteiger partial charge on any atom is 0.361 e. The van der Waals surface area contributed by atoms with Gasteiger partial charge in [0.05, 0.1) is 53.8 Å². The number of halogens is 4. The zero-order chi connectivity index (χ0) is 35.1. The molecule has 0 N–H and O–H groups in total. The van der Waals surface area contributed by atoms with Crippen molar-refractivity contribution in [2.75, 3.05) is 0 Å². The predicted octanol–water partition coefficient (Wildman–Crippen LogP) is 10.1. The van der Waals surface area contributed by atoms with Gasteiger partial charge in [-0.1, -0.05) is 94.9 Å². The summed E-state index contributed by atoms with van der Waals surface area (Å²) in [6.45, 7) is 3.98. The van der Waals surface area contributed by atoms with Crippen LogP contribution in [0.3, 0.4) is 0 Å². The predicted molar refractivity (Wildman–Crippen MR) is 206 cm³/mol. The van der Waals surface area contributed by atoms with Gasteiger partial charge in [-0.3, -0.25) is 9.59 Å². The molecule has 0 aliphatic carbocycles. The first-order valence-electron chi connectivity index (χ1n) is 15.7. The summed E-state index contributed by atoms with van der Waals surface area (Å²) in [6.07, 6.45) is 7.04. The van der Waals surface area contributed by atoms with Crippen LogP contribution in [-0.4, -0.2) is 0 Å². The van der Waals surface area contributed by atoms with E-state index < -0.39 is 5.92 Å². The second-order valence-corrected chi connectivity index (χ2v) is 13.7. The Morgan fingerprint density at radius 1 is 0.600 bits per heavy atom. The lowest BCUT2D eigenvalue weighted by Crippen LogP contribution is -2.64. The lowest BCUT2D eigenvalue weighted by Gasteiger charge is -2.22. The minimum absolute atomic E-state index is 0.0853. The maximum absolute atomic E-state index is 13.6. The number of allylic oxidation sites excluding steroid dienone is 2. The van der Waals surface area contributed by atoms with E-state index in [1.165, 1.54) is 0 Å². The minimum atomic E-state index is -0.420. The van der Waals surface area contributed by atoms with Crippen LogP contribution in [0, 0.1) is 19.8 Å². The summed E-state index contributed by atoms with van der Waals surface area (Å²) in [5.41, 5.74) is 5.14. The molecule has 246 valence electrons. The van der Waals surface area contributed by atoms with Crippen LogP contribution in [-0.2, 0) is 4.74 Å². The molecule has 1 aliphatic heterocycles. The summed E-state index contributed by atoms with van der Waals surface area (Å²) in [4.78, 5) is 27.2. The first-order valence-corrected chi connectivity index (χ1v) is 17.2. The van der Waals surface area contributed by atoms with Gasteiger partial charge >= 0.3 is 11.5 Å². The third kappa shape index (κ3) is 6.73. The Hall–Kier alpha value is -4.71. The Labute approximate surface area is 308 Å². The lowest BCUT2D eigenvalue weighted by atomic mass is 9.96. The van der Waals surface area contributed by atoms with Gasteiger partial charge in [0.15, 0.2) is 0 Å². The van der Waals surface area contributed by atoms with Crippen molar-refractivity contribution >= 4 is 70.1 Å². The quantitative estimate of drug-likeness (QED) is 0.160. The van der Waals surface area contributed by atoms with Crippen LogP contribution in [0.15, 0.2) is 123 Å². The van der Waals surface area contributed by atoms with Crippen molar-refractivity contribution in [2.45, 2.75) is 13.8 Å². The van der Waals surface area contributed by atoms with Gasteiger partial charge in [0.2, 0.25) is 10.9 Å². The van der Waals surface area contributed by atoms with Crippen molar-refractivity contribution < 1.29 is 9.15 Å². The molecule has 0 bridgehead atoms. The summed E-state index contributed by atoms with van der Waals surface area (Å²) in [7, 11) is 0. The van der Waals surface area contributed by atoms with Gasteiger partial charge in [-0.15, -0.1) is 0 Å². The van der Waals surface area contributed by atoms with Crippen LogP contribution < -0.4 is 21.3 Å². The average molecular weight is 737 g/mol. The Kier molecular flexibility index (Phi) is 9.38. The van der Waals surface area contributed by atoms with Crippen molar-refractivity contribution in [3.05, 3.63) is 188 Å². The van der Waals surface area contributed by atoms with Crippen LogP contribution in [0.1, 0.15) is 27.8 Å². The smallest absolute Gasteiger partial charge is 0.361 e. The van der Waals surface area contributed by atoms with Crippen molar-refractivity contribution in [2.24, 2.45) is 5.92 Å². The Morgan fingerprint density at radius 2 is 1.16 bits per heavy atom. The van der Waals surface area contributed by atoms with Crippen molar-refractivity contribution in [1.29, 1.82) is 0 Å². The van der Waals surface area contributed by atoms with Crippen LogP contribution in [0.25, 0.3) is 46.3 Å². The zero-order valence-corrected chi connectivity index (χ0v) is 29.8. The van der Waals surface area contributed by atoms with Gasteiger partial charge in [0.25, 0.3) is 0 Å². The molecular formula is C42H27Cl4O4+. The SMILES string of the molecule is Cc1ccccc1C1=CC(C=c2c(=O)c(=Cc3cc(-c4ccc(Cl)c(Cl)c4)[o+]c(-c4ccccc4C)c3)c2=O)C=C(c2ccc(Cl)c(Cl)c2)O1. The highest BCUT2D eigenvalue weighted by molar-refractivity contribution is 6.42. The zero-order valence-electron chi connectivity index (χ0n) is 26.8. The molecule has 0 fully saturated rings. The molecule has 8 heteroatoms. The molecule has 1 unspecified atom stereocenters. The molecule has 7 rings (SSSR count). The number of hydrogen-bond donors (Lipinski definition) is 0. The fourth-order valence-electron chi connectivity index (χ4n) is 5.93. The largest absolute Gasteiger partial charge is 0.457 e. The van der Waals surface area contributed by atoms with Crippen LogP contribution in [0.4, 0.5) is 0 Å². The van der Waals surface area contributed by atoms with Crippen molar-refractivity contribution in [1.82, 2.24) is 0 Å². The Morgan fingerprint density at radius 3 is 1.80 bits per heavy atom. The molecule has 0 spiro atoms. The Balaban J connectivity index is 1.34. The molecule has 1 atom stereocenters. The number of benzene rings is 4. The summed E-state index contributed by atoms with van der Waals surface area (Å²) >= 11 is 25.0. The molecule has 50 heavy (non-hydrogen) atoms. The van der Waals surface area contributed by atoms with E-state index in [1.807, 2.05) is 86.7 Å². The molecule has 6 aromatic rings. The first kappa shape index (κ1) is 33.8. The van der Waals surface area contributed by atoms with E-state index in [4.69, 9.17) is 55.6 Å². The van der Waals surface area contributed by atoms with Gasteiger partial charge in [-0.05, 0) is 91.2 Å². The molecular weight excluding hydrogens is 710 g/mol. The van der Waals surface area contributed by atoms with E-state index in [0.29, 0.717) is 59.8 Å². The third-order valence-corrected chi connectivity index (χ3v) is 10.1. The number of rotatable bonds is 6. The molecule has 1 aromatic heterocycles. The normalized spacial score (nSPS) is 14.2. The molecule has 0 saturated carbocycles. The average Bonchev–Trinajstić information content (AvgIpc) is 3.12. The van der Waals surface area contributed by atoms with Crippen LogP contribution >= 0.6 is 46.4 Å². The molecule has 0 radical (unpaired) electrons. The second-order valence-electron chi connectivity index (χ2n) is 12.0. The highest BCUT2D eigenvalue weighted by Crippen LogP contribution is 2.36. The highest BCUT2D eigenvalue weighted by Gasteiger charge is 2.23. The van der Waals surface area contributed by atoms with E-state index in [-0.39, 0.29) is 21.3 Å². The van der Waals surface area contributed by atoms with Gasteiger partial charge in [0.1, 0.15) is 11.5 Å². The van der Waals surface area contributed by atoms with Gasteiger partial charge in [-0.2, -0.15) is 0 Å². The maximum atomic E-state index is 13.6. The molecule has 0 saturated heterocycles.